The van der Waals surface area contributed by atoms with Crippen molar-refractivity contribution in [1.82, 2.24) is 47.1 Å². The second-order valence-corrected chi connectivity index (χ2v) is 34.3. The van der Waals surface area contributed by atoms with Crippen LogP contribution in [-0.2, 0) is 68.6 Å². The number of hydrazone groups is 1. The summed E-state index contributed by atoms with van der Waals surface area (Å²) in [5.41, 5.74) is 14.3. The van der Waals surface area contributed by atoms with Gasteiger partial charge < -0.3 is 143 Å². The number of aliphatic carboxylic acids is 1. The summed E-state index contributed by atoms with van der Waals surface area (Å²) in [7, 11) is 1.48. The zero-order valence-electron chi connectivity index (χ0n) is 69.4. The number of primary amides is 1. The maximum absolute atomic E-state index is 16.7. The number of aliphatic hydroxyl groups is 6. The molecule has 6 aromatic rings. The average molecular weight is 1790 g/mol. The quantitative estimate of drug-likeness (QED) is 0.0511. The number of carboxylic acids is 1. The van der Waals surface area contributed by atoms with E-state index in [1.165, 1.54) is 71.1 Å². The molecule has 9 heterocycles. The zero-order chi connectivity index (χ0) is 91.0. The number of rotatable bonds is 19. The molecule has 9 aliphatic rings. The topological polar surface area (TPSA) is 594 Å². The number of ether oxygens (including phenoxy) is 8. The maximum atomic E-state index is 16.7. The summed E-state index contributed by atoms with van der Waals surface area (Å²) in [6.45, 7) is 9.65. The Bertz CT molecular complexity index is 5110. The molecule has 126 heavy (non-hydrogen) atoms. The number of carbonyl (C=O) groups is 8. The van der Waals surface area contributed by atoms with Crippen LogP contribution < -0.4 is 68.6 Å². The van der Waals surface area contributed by atoms with Crippen molar-refractivity contribution in [2.75, 3.05) is 39.8 Å². The number of phenols is 3. The van der Waals surface area contributed by atoms with Crippen molar-refractivity contribution < 1.29 is 127 Å². The monoisotopic (exact) mass is 1790 g/mol. The number of nitrogens with one attached hydrogen (secondary N) is 7. The molecule has 39 nitrogen and oxygen atoms in total. The highest BCUT2D eigenvalue weighted by Crippen LogP contribution is 2.51. The van der Waals surface area contributed by atoms with Gasteiger partial charge in [0.1, 0.15) is 89.5 Å². The number of carbonyl (C=O) groups excluding carboxylic acids is 7. The van der Waals surface area contributed by atoms with Gasteiger partial charge in [0.15, 0.2) is 36.2 Å². The van der Waals surface area contributed by atoms with Gasteiger partial charge in [0.25, 0.3) is 0 Å². The first-order valence-corrected chi connectivity index (χ1v) is 41.6. The van der Waals surface area contributed by atoms with Gasteiger partial charge in [0.2, 0.25) is 53.4 Å². The smallest absolute Gasteiger partial charge is 0.330 e. The summed E-state index contributed by atoms with van der Waals surface area (Å²) in [5.74, 6) is -15.5. The lowest BCUT2D eigenvalue weighted by Gasteiger charge is -2.47. The Morgan fingerprint density at radius 1 is 0.683 bits per heavy atom. The van der Waals surface area contributed by atoms with Gasteiger partial charge in [-0.1, -0.05) is 73.4 Å². The molecule has 41 heteroatoms. The van der Waals surface area contributed by atoms with Crippen molar-refractivity contribution in [3.8, 4) is 57.1 Å². The first-order valence-electron chi connectivity index (χ1n) is 40.8. The third kappa shape index (κ3) is 20.5. The van der Waals surface area contributed by atoms with Crippen LogP contribution in [-0.4, -0.2) is 257 Å². The van der Waals surface area contributed by atoms with E-state index in [2.05, 4.69) is 42.3 Å². The Morgan fingerprint density at radius 2 is 1.29 bits per heavy atom. The normalized spacial score (nSPS) is 30.6. The Morgan fingerprint density at radius 3 is 1.90 bits per heavy atom. The van der Waals surface area contributed by atoms with Crippen LogP contribution in [0.3, 0.4) is 0 Å². The Balaban J connectivity index is 1.03. The summed E-state index contributed by atoms with van der Waals surface area (Å²) >= 11 is 13.3. The molecule has 0 aliphatic carbocycles. The number of hydrogen-bond donors (Lipinski definition) is 20. The third-order valence-electron chi connectivity index (χ3n) is 23.3. The van der Waals surface area contributed by atoms with Gasteiger partial charge in [-0.2, -0.15) is 5.10 Å². The standard InChI is InChI=1S/C85H103Cl2N13O26/c1-36(2)24-50(91-7)76(111)97-65-67(105)42-13-19-54(49(87)26-42)122-56-28-43-27-55(72(56)126-83-73(70(108)69(107)57(35-101)123-83)125-60-32-85(6,90)75(110)38(4)120-60)121-45-16-10-40(11-17-45)71(124-59-31-84(5,89)74(109)37(3)119-59)66-81(116)96-64(82(117)118)47-29-53(103)48(34-99-20-22-100(23-21-99)92-33-39-8-14-44(86)15-9-39)68(106)61(47)46-25-41(12-18-52(46)102)62(78(113)98-66)95-79(114)63(43)94-77(112)51(30-58(88)104)93-80(65)115/h8-19,25-29,33,36-38,50-51,57,59-60,62-67,69-71,73-75,83,91,101-103,105-110H,20-24,30-32,34-35,89-90H2,1-7H3,(H2,88,104)(H,93,115)(H,94,112)(H,95,114)(H,96,116)(H,97,111)(H,98,113)(H,117,118)/b92-33+/t37-,38-,50?,51?,57+,59-,60-,62?,63?,64?,65?,66?,67?,69+,70-,71?,73+,74-,75-,83-,84-,85-/m0/s1. The minimum absolute atomic E-state index is 0.0523. The van der Waals surface area contributed by atoms with Crippen molar-refractivity contribution in [1.29, 1.82) is 0 Å². The summed E-state index contributed by atoms with van der Waals surface area (Å²) in [6.07, 6.45) is -21.0. The molecule has 678 valence electrons. The van der Waals surface area contributed by atoms with E-state index < -0.39 is 250 Å². The van der Waals surface area contributed by atoms with Crippen LogP contribution >= 0.6 is 23.2 Å². The van der Waals surface area contributed by atoms with Gasteiger partial charge in [0, 0.05) is 78.4 Å². The lowest BCUT2D eigenvalue weighted by molar-refractivity contribution is -0.333. The van der Waals surface area contributed by atoms with Gasteiger partial charge in [-0.15, -0.1) is 0 Å². The van der Waals surface area contributed by atoms with Crippen molar-refractivity contribution in [3.05, 3.63) is 152 Å². The van der Waals surface area contributed by atoms with Crippen LogP contribution in [0.5, 0.6) is 46.0 Å². The summed E-state index contributed by atoms with van der Waals surface area (Å²) in [6, 6.07) is 7.74. The number of nitrogens with two attached hydrogens (primary N) is 3. The Labute approximate surface area is 732 Å². The van der Waals surface area contributed by atoms with Gasteiger partial charge in [-0.3, -0.25) is 43.5 Å². The minimum Gasteiger partial charge on any atom is -0.507 e. The lowest BCUT2D eigenvalue weighted by atomic mass is 9.86. The third-order valence-corrected chi connectivity index (χ3v) is 23.9. The van der Waals surface area contributed by atoms with E-state index in [1.807, 2.05) is 18.7 Å². The first kappa shape index (κ1) is 93.0. The maximum Gasteiger partial charge on any atom is 0.330 e. The molecule has 0 saturated carbocycles. The molecule has 22 atom stereocenters. The van der Waals surface area contributed by atoms with Gasteiger partial charge in [-0.05, 0) is 142 Å². The summed E-state index contributed by atoms with van der Waals surface area (Å²) in [4.78, 5) is 124. The number of phenolic OH excluding ortho intramolecular Hbond substituents is 3. The molecule has 7 amide bonds. The van der Waals surface area contributed by atoms with Crippen molar-refractivity contribution in [3.63, 3.8) is 0 Å². The number of nitrogens with zero attached hydrogens (tertiary/aromatic N) is 3. The number of hydrogen-bond acceptors (Lipinski definition) is 31. The Kier molecular flexibility index (Phi) is 28.4. The SMILES string of the molecule is CNC(CC(C)C)C(=O)NC1C(=O)NC(CC(N)=O)C(=O)NC2C(=O)NC3C(=O)NC(C(=O)NC(C(=O)O)c4cc(O)c(CN5CCN(/N=C/c6ccc(Cl)cc6)CC5)c(O)c4-c4cc3ccc4O)C(O[C@H]3C[C@](C)(N)[C@@H](O)[C@H](C)O3)c3ccc(cc3)Oc3cc2cc(c3O[C@@H]2O[C@H](CO)[C@@H](O)[C@H](O)[C@H]2O[C@H]2C[C@](C)(N)[C@@H](O)[C@H](C)O2)Oc2ccc(cc2Cl)C1O. The van der Waals surface area contributed by atoms with Crippen molar-refractivity contribution >= 4 is 76.7 Å². The van der Waals surface area contributed by atoms with Crippen molar-refractivity contribution in [2.24, 2.45) is 28.2 Å². The number of benzene rings is 6. The number of likely N-dealkylation sites (N-methyl/N-ethyl adjacent to an activating group) is 1. The molecular formula is C85H103Cl2N13O26. The van der Waals surface area contributed by atoms with E-state index in [-0.39, 0.29) is 83.6 Å². The van der Waals surface area contributed by atoms with E-state index in [0.717, 1.165) is 48.0 Å². The predicted octanol–water partition coefficient (Wildman–Crippen LogP) is 1.50. The van der Waals surface area contributed by atoms with E-state index in [1.54, 1.807) is 35.5 Å². The van der Waals surface area contributed by atoms with Gasteiger partial charge >= 0.3 is 5.97 Å². The number of aliphatic hydroxyl groups excluding tert-OH is 6. The van der Waals surface area contributed by atoms with Crippen LogP contribution in [0.1, 0.15) is 137 Å². The number of aromatic hydroxyl groups is 3. The Hall–Kier alpha value is -10.7. The molecule has 6 aromatic carbocycles. The molecule has 4 saturated heterocycles. The highest BCUT2D eigenvalue weighted by atomic mass is 35.5. The largest absolute Gasteiger partial charge is 0.507 e. The molecule has 15 rings (SSSR count). The molecule has 11 bridgehead atoms. The minimum atomic E-state index is -2.38. The predicted molar refractivity (Wildman–Crippen MR) is 447 cm³/mol. The highest BCUT2D eigenvalue weighted by Gasteiger charge is 2.53. The molecule has 0 aromatic heterocycles. The van der Waals surface area contributed by atoms with Crippen LogP contribution in [0.2, 0.25) is 10.0 Å². The van der Waals surface area contributed by atoms with Crippen molar-refractivity contribution in [2.45, 2.75) is 207 Å². The first-order chi connectivity index (χ1) is 59.7. The van der Waals surface area contributed by atoms with E-state index in [9.17, 15) is 65.4 Å². The average Bonchev–Trinajstić information content (AvgIpc) is 0.752. The molecule has 0 spiro atoms. The zero-order valence-corrected chi connectivity index (χ0v) is 70.9. The number of carboxylic acid groups (broad SMARTS) is 1. The number of halogens is 2. The van der Waals surface area contributed by atoms with Gasteiger partial charge in [0.05, 0.1) is 60.3 Å². The summed E-state index contributed by atoms with van der Waals surface area (Å²) < 4.78 is 52.2. The molecule has 23 N–H and O–H groups in total. The van der Waals surface area contributed by atoms with Crippen LogP contribution in [0.25, 0.3) is 11.1 Å². The van der Waals surface area contributed by atoms with Crippen LogP contribution in [0.15, 0.2) is 108 Å². The fourth-order valence-electron chi connectivity index (χ4n) is 16.4. The highest BCUT2D eigenvalue weighted by molar-refractivity contribution is 6.32. The second kappa shape index (κ2) is 38.5. The number of amides is 7. The van der Waals surface area contributed by atoms with E-state index in [4.69, 9.17) is 78.3 Å². The van der Waals surface area contributed by atoms with E-state index >= 15 is 24.0 Å². The summed E-state index contributed by atoms with van der Waals surface area (Å²) in [5, 5.41) is 143. The molecule has 9 unspecified atom stereocenters. The molecule has 0 radical (unpaired) electrons. The molecule has 4 fully saturated rings. The van der Waals surface area contributed by atoms with E-state index in [0.29, 0.717) is 18.1 Å². The molecular weight excluding hydrogens is 1690 g/mol. The fraction of sp³-hybridized carbons (Fsp3) is 0.471. The lowest BCUT2D eigenvalue weighted by Crippen LogP contribution is -2.64. The van der Waals surface area contributed by atoms with Crippen LogP contribution in [0.4, 0.5) is 0 Å². The number of piperazine rings is 1. The number of fused-ring (bicyclic) bond motifs is 15. The van der Waals surface area contributed by atoms with Crippen LogP contribution in [0, 0.1) is 5.92 Å². The fourth-order valence-corrected chi connectivity index (χ4v) is 16.7. The second-order valence-electron chi connectivity index (χ2n) is 33.4. The molecule has 9 aliphatic heterocycles. The van der Waals surface area contributed by atoms with Gasteiger partial charge in [-0.25, -0.2) is 4.79 Å².